The van der Waals surface area contributed by atoms with Crippen molar-refractivity contribution >= 4 is 17.8 Å². The largest absolute Gasteiger partial charge is 0.481 e. The first-order valence-electron chi connectivity index (χ1n) is 7.15. The van der Waals surface area contributed by atoms with Gasteiger partial charge >= 0.3 is 5.97 Å². The minimum Gasteiger partial charge on any atom is -0.481 e. The molecule has 1 saturated carbocycles. The van der Waals surface area contributed by atoms with Gasteiger partial charge < -0.3 is 15.3 Å². The van der Waals surface area contributed by atoms with E-state index in [9.17, 15) is 19.5 Å². The molecule has 4 atom stereocenters. The van der Waals surface area contributed by atoms with Crippen LogP contribution < -0.4 is 5.32 Å². The summed E-state index contributed by atoms with van der Waals surface area (Å²) in [7, 11) is 1.72. The standard InChI is InChI=1S/C14H22N2O4/c1-8-5-10(11(6-8)14(19)20)13(18)15-9-3-4-12(17)16(2)7-9/h8-11H,3-7H2,1-2H3,(H,15,18)(H,19,20). The zero-order valence-electron chi connectivity index (χ0n) is 12.0. The van der Waals surface area contributed by atoms with E-state index >= 15 is 0 Å². The van der Waals surface area contributed by atoms with Crippen molar-refractivity contribution in [3.05, 3.63) is 0 Å². The van der Waals surface area contributed by atoms with Crippen molar-refractivity contribution in [2.24, 2.45) is 17.8 Å². The van der Waals surface area contributed by atoms with Crippen molar-refractivity contribution in [1.82, 2.24) is 10.2 Å². The second kappa shape index (κ2) is 5.81. The molecule has 20 heavy (non-hydrogen) atoms. The average Bonchev–Trinajstić information content (AvgIpc) is 2.76. The Morgan fingerprint density at radius 3 is 2.55 bits per heavy atom. The monoisotopic (exact) mass is 282 g/mol. The highest BCUT2D eigenvalue weighted by molar-refractivity contribution is 5.86. The van der Waals surface area contributed by atoms with Gasteiger partial charge in [-0.1, -0.05) is 6.92 Å². The lowest BCUT2D eigenvalue weighted by Gasteiger charge is -2.31. The highest BCUT2D eigenvalue weighted by atomic mass is 16.4. The van der Waals surface area contributed by atoms with Gasteiger partial charge in [0.1, 0.15) is 0 Å². The van der Waals surface area contributed by atoms with E-state index in [2.05, 4.69) is 5.32 Å². The van der Waals surface area contributed by atoms with Gasteiger partial charge in [0.2, 0.25) is 11.8 Å². The molecule has 0 aromatic heterocycles. The smallest absolute Gasteiger partial charge is 0.307 e. The maximum absolute atomic E-state index is 12.3. The third kappa shape index (κ3) is 3.11. The minimum atomic E-state index is -0.884. The molecule has 2 amide bonds. The number of hydrogen-bond donors (Lipinski definition) is 2. The molecule has 0 bridgehead atoms. The third-order valence-electron chi connectivity index (χ3n) is 4.43. The molecule has 0 radical (unpaired) electrons. The number of rotatable bonds is 3. The van der Waals surface area contributed by atoms with Crippen molar-refractivity contribution in [3.8, 4) is 0 Å². The Labute approximate surface area is 118 Å². The van der Waals surface area contributed by atoms with Gasteiger partial charge in [0.15, 0.2) is 0 Å². The fraction of sp³-hybridized carbons (Fsp3) is 0.786. The van der Waals surface area contributed by atoms with Crippen LogP contribution in [0.15, 0.2) is 0 Å². The Morgan fingerprint density at radius 2 is 1.95 bits per heavy atom. The quantitative estimate of drug-likeness (QED) is 0.788. The Bertz CT molecular complexity index is 423. The molecule has 6 heteroatoms. The predicted molar refractivity (Wildman–Crippen MR) is 71.8 cm³/mol. The molecule has 6 nitrogen and oxygen atoms in total. The van der Waals surface area contributed by atoms with Gasteiger partial charge in [-0.25, -0.2) is 0 Å². The summed E-state index contributed by atoms with van der Waals surface area (Å²) in [4.78, 5) is 36.5. The Hall–Kier alpha value is -1.59. The number of hydrogen-bond acceptors (Lipinski definition) is 3. The van der Waals surface area contributed by atoms with Gasteiger partial charge in [0.25, 0.3) is 0 Å². The zero-order chi connectivity index (χ0) is 14.9. The van der Waals surface area contributed by atoms with Gasteiger partial charge in [-0.05, 0) is 25.2 Å². The van der Waals surface area contributed by atoms with Crippen LogP contribution >= 0.6 is 0 Å². The van der Waals surface area contributed by atoms with Crippen LogP contribution in [-0.4, -0.2) is 47.4 Å². The average molecular weight is 282 g/mol. The molecule has 2 fully saturated rings. The summed E-state index contributed by atoms with van der Waals surface area (Å²) in [5.74, 6) is -1.71. The van der Waals surface area contributed by atoms with Crippen LogP contribution in [0.4, 0.5) is 0 Å². The number of aliphatic carboxylic acids is 1. The summed E-state index contributed by atoms with van der Waals surface area (Å²) in [5.41, 5.74) is 0. The highest BCUT2D eigenvalue weighted by Gasteiger charge is 2.41. The second-order valence-electron chi connectivity index (χ2n) is 6.15. The van der Waals surface area contributed by atoms with E-state index in [0.717, 1.165) is 0 Å². The first-order valence-corrected chi connectivity index (χ1v) is 7.15. The molecule has 1 aliphatic heterocycles. The van der Waals surface area contributed by atoms with Crippen molar-refractivity contribution in [2.45, 2.75) is 38.6 Å². The van der Waals surface area contributed by atoms with Gasteiger partial charge in [0, 0.05) is 26.1 Å². The van der Waals surface area contributed by atoms with Crippen LogP contribution in [0.2, 0.25) is 0 Å². The van der Waals surface area contributed by atoms with E-state index < -0.39 is 17.8 Å². The van der Waals surface area contributed by atoms with Crippen molar-refractivity contribution in [3.63, 3.8) is 0 Å². The van der Waals surface area contributed by atoms with Gasteiger partial charge in [-0.2, -0.15) is 0 Å². The SMILES string of the molecule is CC1CC(C(=O)O)C(C(=O)NC2CCC(=O)N(C)C2)C1. The molecule has 2 N–H and O–H groups in total. The Kier molecular flexibility index (Phi) is 4.30. The van der Waals surface area contributed by atoms with Crippen LogP contribution in [-0.2, 0) is 14.4 Å². The summed E-state index contributed by atoms with van der Waals surface area (Å²) < 4.78 is 0. The molecule has 4 unspecified atom stereocenters. The van der Waals surface area contributed by atoms with Crippen molar-refractivity contribution in [2.75, 3.05) is 13.6 Å². The second-order valence-corrected chi connectivity index (χ2v) is 6.15. The number of likely N-dealkylation sites (tertiary alicyclic amines) is 1. The maximum atomic E-state index is 12.3. The number of carbonyl (C=O) groups excluding carboxylic acids is 2. The summed E-state index contributed by atoms with van der Waals surface area (Å²) in [6.45, 7) is 2.49. The Balaban J connectivity index is 1.94. The number of likely N-dealkylation sites (N-methyl/N-ethyl adjacent to an activating group) is 1. The van der Waals surface area contributed by atoms with Crippen LogP contribution in [0.1, 0.15) is 32.6 Å². The number of carboxylic acids is 1. The van der Waals surface area contributed by atoms with Crippen LogP contribution in [0.3, 0.4) is 0 Å². The molecule has 1 heterocycles. The van der Waals surface area contributed by atoms with E-state index in [1.54, 1.807) is 11.9 Å². The normalized spacial score (nSPS) is 34.1. The molecule has 1 aliphatic carbocycles. The van der Waals surface area contributed by atoms with Crippen molar-refractivity contribution < 1.29 is 19.5 Å². The number of piperidine rings is 1. The lowest BCUT2D eigenvalue weighted by Crippen LogP contribution is -2.50. The van der Waals surface area contributed by atoms with E-state index in [0.29, 0.717) is 32.2 Å². The number of amides is 2. The summed E-state index contributed by atoms with van der Waals surface area (Å²) >= 11 is 0. The first kappa shape index (κ1) is 14.8. The number of nitrogens with zero attached hydrogens (tertiary/aromatic N) is 1. The predicted octanol–water partition coefficient (Wildman–Crippen LogP) is 0.470. The molecule has 2 rings (SSSR count). The van der Waals surface area contributed by atoms with Gasteiger partial charge in [-0.3, -0.25) is 14.4 Å². The Morgan fingerprint density at radius 1 is 1.30 bits per heavy atom. The third-order valence-corrected chi connectivity index (χ3v) is 4.43. The molecule has 2 aliphatic rings. The maximum Gasteiger partial charge on any atom is 0.307 e. The lowest BCUT2D eigenvalue weighted by molar-refractivity contribution is -0.146. The molecule has 0 spiro atoms. The van der Waals surface area contributed by atoms with Gasteiger partial charge in [-0.15, -0.1) is 0 Å². The summed E-state index contributed by atoms with van der Waals surface area (Å²) in [6, 6.07) is -0.0597. The summed E-state index contributed by atoms with van der Waals surface area (Å²) in [5, 5.41) is 12.1. The molecule has 0 aromatic rings. The van der Waals surface area contributed by atoms with E-state index in [4.69, 9.17) is 0 Å². The van der Waals surface area contributed by atoms with E-state index in [1.165, 1.54) is 0 Å². The molecule has 1 saturated heterocycles. The summed E-state index contributed by atoms with van der Waals surface area (Å²) in [6.07, 6.45) is 2.26. The number of nitrogens with one attached hydrogen (secondary N) is 1. The van der Waals surface area contributed by atoms with Crippen LogP contribution in [0.5, 0.6) is 0 Å². The van der Waals surface area contributed by atoms with Gasteiger partial charge in [0.05, 0.1) is 11.8 Å². The molecular formula is C14H22N2O4. The number of carboxylic acid groups (broad SMARTS) is 1. The van der Waals surface area contributed by atoms with Crippen LogP contribution in [0.25, 0.3) is 0 Å². The van der Waals surface area contributed by atoms with Crippen LogP contribution in [0, 0.1) is 17.8 Å². The molecular weight excluding hydrogens is 260 g/mol. The zero-order valence-corrected chi connectivity index (χ0v) is 12.0. The highest BCUT2D eigenvalue weighted by Crippen LogP contribution is 2.36. The topological polar surface area (TPSA) is 86.7 Å². The minimum absolute atomic E-state index is 0.0597. The fourth-order valence-corrected chi connectivity index (χ4v) is 3.29. The van der Waals surface area contributed by atoms with Crippen molar-refractivity contribution in [1.29, 1.82) is 0 Å². The number of carbonyl (C=O) groups is 3. The first-order chi connectivity index (χ1) is 9.38. The molecule has 112 valence electrons. The van der Waals surface area contributed by atoms with E-state index in [-0.39, 0.29) is 23.8 Å². The fourth-order valence-electron chi connectivity index (χ4n) is 3.29. The van der Waals surface area contributed by atoms with E-state index in [1.807, 2.05) is 6.92 Å². The lowest BCUT2D eigenvalue weighted by atomic mass is 9.94. The molecule has 0 aromatic carbocycles.